The van der Waals surface area contributed by atoms with Gasteiger partial charge in [-0.3, -0.25) is 9.79 Å². The molecular weight excluding hydrogens is 455 g/mol. The number of carbonyl (C=O) groups is 1. The number of nitrogens with one attached hydrogen (secondary N) is 1. The van der Waals surface area contributed by atoms with Crippen molar-refractivity contribution in [1.82, 2.24) is 4.98 Å². The Morgan fingerprint density at radius 2 is 1.73 bits per heavy atom. The summed E-state index contributed by atoms with van der Waals surface area (Å²) in [6.07, 6.45) is 3.16. The third-order valence-electron chi connectivity index (χ3n) is 4.73. The molecule has 1 heterocycles. The number of amides is 1. The summed E-state index contributed by atoms with van der Waals surface area (Å²) in [7, 11) is 0. The molecule has 0 saturated heterocycles. The second-order valence-electron chi connectivity index (χ2n) is 7.04. The number of aliphatic imine (C=N–C) groups is 1. The van der Waals surface area contributed by atoms with E-state index in [0.29, 0.717) is 22.0 Å². The number of halogens is 2. The van der Waals surface area contributed by atoms with E-state index in [1.807, 2.05) is 42.5 Å². The van der Waals surface area contributed by atoms with Crippen LogP contribution >= 0.6 is 23.2 Å². The smallest absolute Gasteiger partial charge is 0.266 e. The second kappa shape index (κ2) is 10.1. The minimum Gasteiger partial charge on any atom is -0.321 e. The van der Waals surface area contributed by atoms with Crippen LogP contribution in [0.1, 0.15) is 11.1 Å². The minimum absolute atomic E-state index is 0.0844. The summed E-state index contributed by atoms with van der Waals surface area (Å²) in [4.78, 5) is 21.4. The highest BCUT2D eigenvalue weighted by Gasteiger charge is 2.12. The van der Waals surface area contributed by atoms with E-state index in [1.165, 1.54) is 6.08 Å². The number of hydrogen-bond donors (Lipinski definition) is 1. The van der Waals surface area contributed by atoms with Crippen molar-refractivity contribution in [3.05, 3.63) is 106 Å². The first-order valence-corrected chi connectivity index (χ1v) is 10.7. The highest BCUT2D eigenvalue weighted by atomic mass is 35.5. The predicted octanol–water partition coefficient (Wildman–Crippen LogP) is 6.84. The van der Waals surface area contributed by atoms with Gasteiger partial charge in [-0.2, -0.15) is 5.26 Å². The molecule has 7 heteroatoms. The molecule has 0 spiro atoms. The zero-order chi connectivity index (χ0) is 23.2. The largest absolute Gasteiger partial charge is 0.321 e. The van der Waals surface area contributed by atoms with Crippen molar-refractivity contribution in [3.63, 3.8) is 0 Å². The van der Waals surface area contributed by atoms with Gasteiger partial charge in [0.15, 0.2) is 0 Å². The van der Waals surface area contributed by atoms with Gasteiger partial charge in [-0.05, 0) is 60.2 Å². The molecule has 33 heavy (non-hydrogen) atoms. The molecule has 0 aliphatic rings. The van der Waals surface area contributed by atoms with Crippen LogP contribution in [0.3, 0.4) is 0 Å². The Morgan fingerprint density at radius 1 is 1.00 bits per heavy atom. The monoisotopic (exact) mass is 470 g/mol. The van der Waals surface area contributed by atoms with Gasteiger partial charge in [-0.15, -0.1) is 0 Å². The molecule has 0 aliphatic heterocycles. The van der Waals surface area contributed by atoms with Crippen LogP contribution in [0.15, 0.2) is 89.4 Å². The maximum atomic E-state index is 12.6. The van der Waals surface area contributed by atoms with Crippen LogP contribution in [0.5, 0.6) is 0 Å². The quantitative estimate of drug-likeness (QED) is 0.150. The highest BCUT2D eigenvalue weighted by molar-refractivity contribution is 6.31. The molecule has 5 nitrogen and oxygen atoms in total. The van der Waals surface area contributed by atoms with Gasteiger partial charge in [-0.25, -0.2) is 4.98 Å². The number of nitriles is 1. The Balaban J connectivity index is 1.48. The van der Waals surface area contributed by atoms with Gasteiger partial charge in [0.1, 0.15) is 16.8 Å². The van der Waals surface area contributed by atoms with Crippen LogP contribution in [0.25, 0.3) is 17.0 Å². The number of rotatable bonds is 5. The van der Waals surface area contributed by atoms with Crippen LogP contribution in [0.2, 0.25) is 10.2 Å². The SMILES string of the molecule is N#CC(=Cc1cc2ccccc2nc1Cl)C(=O)Nc1ccc(N=Cc2ccc(Cl)cc2)cc1. The lowest BCUT2D eigenvalue weighted by Gasteiger charge is -2.06. The van der Waals surface area contributed by atoms with Crippen molar-refractivity contribution in [2.45, 2.75) is 0 Å². The lowest BCUT2D eigenvalue weighted by atomic mass is 10.1. The van der Waals surface area contributed by atoms with E-state index in [2.05, 4.69) is 15.3 Å². The van der Waals surface area contributed by atoms with Gasteiger partial charge in [0.25, 0.3) is 5.91 Å². The summed E-state index contributed by atoms with van der Waals surface area (Å²) in [6, 6.07) is 25.5. The summed E-state index contributed by atoms with van der Waals surface area (Å²) in [5.41, 5.74) is 3.32. The number of fused-ring (bicyclic) bond motifs is 1. The third kappa shape index (κ3) is 5.64. The lowest BCUT2D eigenvalue weighted by molar-refractivity contribution is -0.112. The molecule has 3 aromatic carbocycles. The summed E-state index contributed by atoms with van der Waals surface area (Å²) in [6.45, 7) is 0. The molecule has 1 N–H and O–H groups in total. The van der Waals surface area contributed by atoms with Crippen molar-refractivity contribution in [3.8, 4) is 6.07 Å². The van der Waals surface area contributed by atoms with E-state index in [0.717, 1.165) is 16.5 Å². The summed E-state index contributed by atoms with van der Waals surface area (Å²) in [5, 5.41) is 14.0. The molecule has 0 bridgehead atoms. The Hall–Kier alpha value is -3.98. The van der Waals surface area contributed by atoms with E-state index >= 15 is 0 Å². The average molecular weight is 471 g/mol. The van der Waals surface area contributed by atoms with E-state index in [4.69, 9.17) is 23.2 Å². The predicted molar refractivity (Wildman–Crippen MR) is 134 cm³/mol. The Kier molecular flexibility index (Phi) is 6.80. The molecule has 4 rings (SSSR count). The summed E-state index contributed by atoms with van der Waals surface area (Å²) >= 11 is 12.1. The van der Waals surface area contributed by atoms with Gasteiger partial charge in [0.2, 0.25) is 0 Å². The standard InChI is InChI=1S/C26H16Cl2N4O/c27-21-7-5-17(6-8-21)16-30-22-9-11-23(12-10-22)31-26(33)20(15-29)14-19-13-18-3-1-2-4-24(18)32-25(19)28/h1-14,16H,(H,31,33). The Labute approximate surface area is 200 Å². The van der Waals surface area contributed by atoms with Crippen LogP contribution in [-0.4, -0.2) is 17.1 Å². The number of hydrogen-bond acceptors (Lipinski definition) is 4. The first-order chi connectivity index (χ1) is 16.0. The molecule has 1 aromatic heterocycles. The highest BCUT2D eigenvalue weighted by Crippen LogP contribution is 2.23. The Morgan fingerprint density at radius 3 is 2.45 bits per heavy atom. The molecule has 0 unspecified atom stereocenters. The Bertz CT molecular complexity index is 1420. The normalized spacial score (nSPS) is 11.5. The van der Waals surface area contributed by atoms with Crippen LogP contribution in [0.4, 0.5) is 11.4 Å². The van der Waals surface area contributed by atoms with Gasteiger partial charge in [-0.1, -0.05) is 53.5 Å². The van der Waals surface area contributed by atoms with E-state index < -0.39 is 5.91 Å². The summed E-state index contributed by atoms with van der Waals surface area (Å²) < 4.78 is 0. The van der Waals surface area contributed by atoms with Crippen molar-refractivity contribution < 1.29 is 4.79 Å². The van der Waals surface area contributed by atoms with Crippen molar-refractivity contribution in [2.24, 2.45) is 4.99 Å². The number of benzene rings is 3. The summed E-state index contributed by atoms with van der Waals surface area (Å²) in [5.74, 6) is -0.542. The molecule has 0 fully saturated rings. The zero-order valence-corrected chi connectivity index (χ0v) is 18.7. The third-order valence-corrected chi connectivity index (χ3v) is 5.28. The lowest BCUT2D eigenvalue weighted by Crippen LogP contribution is -2.13. The van der Waals surface area contributed by atoms with E-state index in [-0.39, 0.29) is 10.7 Å². The van der Waals surface area contributed by atoms with Crippen molar-refractivity contribution in [1.29, 1.82) is 5.26 Å². The number of carbonyl (C=O) groups excluding carboxylic acids is 1. The molecular formula is C26H16Cl2N4O. The van der Waals surface area contributed by atoms with Gasteiger partial charge in [0.05, 0.1) is 11.2 Å². The maximum Gasteiger partial charge on any atom is 0.266 e. The van der Waals surface area contributed by atoms with E-state index in [1.54, 1.807) is 48.7 Å². The molecule has 4 aromatic rings. The van der Waals surface area contributed by atoms with Crippen LogP contribution in [-0.2, 0) is 4.79 Å². The molecule has 1 amide bonds. The number of aromatic nitrogens is 1. The van der Waals surface area contributed by atoms with Crippen LogP contribution in [0, 0.1) is 11.3 Å². The maximum absolute atomic E-state index is 12.6. The molecule has 0 saturated carbocycles. The van der Waals surface area contributed by atoms with Gasteiger partial charge >= 0.3 is 0 Å². The molecule has 0 radical (unpaired) electrons. The zero-order valence-electron chi connectivity index (χ0n) is 17.2. The van der Waals surface area contributed by atoms with Crippen molar-refractivity contribution in [2.75, 3.05) is 5.32 Å². The fourth-order valence-electron chi connectivity index (χ4n) is 3.04. The second-order valence-corrected chi connectivity index (χ2v) is 7.84. The minimum atomic E-state index is -0.542. The topological polar surface area (TPSA) is 78.1 Å². The van der Waals surface area contributed by atoms with Gasteiger partial charge in [0, 0.05) is 27.9 Å². The fraction of sp³-hybridized carbons (Fsp3) is 0. The molecule has 0 aliphatic carbocycles. The fourth-order valence-corrected chi connectivity index (χ4v) is 3.37. The first kappa shape index (κ1) is 22.2. The molecule has 160 valence electrons. The van der Waals surface area contributed by atoms with Gasteiger partial charge < -0.3 is 5.32 Å². The number of nitrogens with zero attached hydrogens (tertiary/aromatic N) is 3. The number of para-hydroxylation sites is 1. The number of anilines is 1. The number of pyridine rings is 1. The van der Waals surface area contributed by atoms with E-state index in [9.17, 15) is 10.1 Å². The van der Waals surface area contributed by atoms with Crippen LogP contribution < -0.4 is 5.32 Å². The van der Waals surface area contributed by atoms with Crippen molar-refractivity contribution >= 4 is 63.7 Å². The molecule has 0 atom stereocenters. The average Bonchev–Trinajstić information content (AvgIpc) is 2.83. The first-order valence-electron chi connectivity index (χ1n) is 9.90.